The monoisotopic (exact) mass is 347 g/mol. The van der Waals surface area contributed by atoms with Crippen LogP contribution in [0.1, 0.15) is 17.6 Å². The molecule has 0 unspecified atom stereocenters. The maximum atomic E-state index is 4.47. The van der Waals surface area contributed by atoms with E-state index in [4.69, 9.17) is 0 Å². The Hall–Kier alpha value is -1.80. The van der Waals surface area contributed by atoms with Crippen LogP contribution in [0.2, 0.25) is 0 Å². The molecule has 3 aromatic rings. The summed E-state index contributed by atoms with van der Waals surface area (Å²) in [5, 5.41) is 17.2. The molecular weight excluding hydrogens is 334 g/mol. The maximum absolute atomic E-state index is 4.47. The molecule has 1 fully saturated rings. The Kier molecular flexibility index (Phi) is 3.00. The zero-order valence-corrected chi connectivity index (χ0v) is 13.1. The van der Waals surface area contributed by atoms with E-state index < -0.39 is 0 Å². The first-order valence-corrected chi connectivity index (χ1v) is 7.58. The number of halogens is 1. The van der Waals surface area contributed by atoms with Gasteiger partial charge in [-0.3, -0.25) is 9.58 Å². The normalized spacial score (nSPS) is 16.5. The fourth-order valence-corrected chi connectivity index (χ4v) is 2.88. The van der Waals surface area contributed by atoms with Gasteiger partial charge < -0.3 is 0 Å². The summed E-state index contributed by atoms with van der Waals surface area (Å²) in [5.74, 6) is 0.883. The lowest BCUT2D eigenvalue weighted by Crippen LogP contribution is -2.47. The molecule has 0 spiro atoms. The minimum absolute atomic E-state index is 0.435. The topological polar surface area (TPSA) is 64.1 Å². The lowest BCUT2D eigenvalue weighted by Gasteiger charge is -2.38. The van der Waals surface area contributed by atoms with E-state index in [-0.39, 0.29) is 0 Å². The summed E-state index contributed by atoms with van der Waals surface area (Å²) in [5.41, 5.74) is 1.76. The Morgan fingerprint density at radius 2 is 2.14 bits per heavy atom. The quantitative estimate of drug-likeness (QED) is 0.717. The Labute approximate surface area is 129 Å². The minimum atomic E-state index is 0.435. The van der Waals surface area contributed by atoms with Crippen molar-refractivity contribution in [3.8, 4) is 0 Å². The van der Waals surface area contributed by atoms with Gasteiger partial charge in [-0.15, -0.1) is 10.2 Å². The van der Waals surface area contributed by atoms with Crippen molar-refractivity contribution in [3.05, 3.63) is 40.5 Å². The van der Waals surface area contributed by atoms with Gasteiger partial charge in [0.1, 0.15) is 0 Å². The number of fused-ring (bicyclic) bond motifs is 1. The second kappa shape index (κ2) is 4.88. The Morgan fingerprint density at radius 1 is 1.29 bits per heavy atom. The number of aromatic nitrogens is 6. The predicted molar refractivity (Wildman–Crippen MR) is 79.8 cm³/mol. The van der Waals surface area contributed by atoms with E-state index in [1.807, 2.05) is 40.6 Å². The number of hydrogen-bond acceptors (Lipinski definition) is 5. The van der Waals surface area contributed by atoms with Crippen LogP contribution in [-0.4, -0.2) is 47.6 Å². The fraction of sp³-hybridized carbons (Fsp3) is 0.385. The van der Waals surface area contributed by atoms with Crippen LogP contribution in [0.4, 0.5) is 0 Å². The van der Waals surface area contributed by atoms with E-state index in [0.29, 0.717) is 6.04 Å². The average Bonchev–Trinajstić information content (AvgIpc) is 3.00. The average molecular weight is 348 g/mol. The molecule has 1 saturated heterocycles. The fourth-order valence-electron chi connectivity index (χ4n) is 2.58. The Balaban J connectivity index is 1.46. The van der Waals surface area contributed by atoms with Crippen LogP contribution < -0.4 is 0 Å². The van der Waals surface area contributed by atoms with Crippen molar-refractivity contribution in [3.63, 3.8) is 0 Å². The first-order chi connectivity index (χ1) is 10.2. The van der Waals surface area contributed by atoms with Crippen molar-refractivity contribution in [2.45, 2.75) is 19.5 Å². The van der Waals surface area contributed by atoms with E-state index in [9.17, 15) is 0 Å². The van der Waals surface area contributed by atoms with Gasteiger partial charge in [0.15, 0.2) is 11.5 Å². The number of rotatable bonds is 3. The molecule has 8 heteroatoms. The molecule has 7 nitrogen and oxygen atoms in total. The molecule has 108 valence electrons. The second-order valence-corrected chi connectivity index (χ2v) is 6.26. The van der Waals surface area contributed by atoms with Crippen LogP contribution in [-0.2, 0) is 6.54 Å². The van der Waals surface area contributed by atoms with Gasteiger partial charge in [-0.25, -0.2) is 0 Å². The molecular formula is C13H14BrN7. The number of aryl methyl sites for hydroxylation is 1. The molecule has 3 aromatic heterocycles. The molecule has 1 aliphatic heterocycles. The number of nitrogens with zero attached hydrogens (tertiary/aromatic N) is 7. The summed E-state index contributed by atoms with van der Waals surface area (Å²) in [7, 11) is 0. The Morgan fingerprint density at radius 3 is 2.90 bits per heavy atom. The summed E-state index contributed by atoms with van der Waals surface area (Å²) < 4.78 is 4.85. The van der Waals surface area contributed by atoms with Crippen molar-refractivity contribution < 1.29 is 0 Å². The molecule has 0 N–H and O–H groups in total. The molecule has 0 aromatic carbocycles. The minimum Gasteiger partial charge on any atom is -0.291 e. The molecule has 1 aliphatic rings. The highest BCUT2D eigenvalue weighted by atomic mass is 79.9. The van der Waals surface area contributed by atoms with Gasteiger partial charge in [0, 0.05) is 19.3 Å². The summed E-state index contributed by atoms with van der Waals surface area (Å²) in [6, 6.07) is 4.33. The zero-order chi connectivity index (χ0) is 14.4. The third-order valence-electron chi connectivity index (χ3n) is 3.71. The van der Waals surface area contributed by atoms with Gasteiger partial charge in [0.25, 0.3) is 0 Å². The summed E-state index contributed by atoms with van der Waals surface area (Å²) in [6.45, 7) is 4.67. The highest BCUT2D eigenvalue weighted by Gasteiger charge is 2.29. The van der Waals surface area contributed by atoms with Gasteiger partial charge in [0.05, 0.1) is 29.0 Å². The molecule has 0 bridgehead atoms. The first-order valence-electron chi connectivity index (χ1n) is 6.79. The second-order valence-electron chi connectivity index (χ2n) is 5.35. The van der Waals surface area contributed by atoms with E-state index in [0.717, 1.165) is 41.3 Å². The lowest BCUT2D eigenvalue weighted by molar-refractivity contribution is 0.0873. The van der Waals surface area contributed by atoms with Crippen molar-refractivity contribution in [2.75, 3.05) is 13.1 Å². The van der Waals surface area contributed by atoms with Crippen molar-refractivity contribution in [1.29, 1.82) is 0 Å². The third kappa shape index (κ3) is 2.34. The Bertz CT molecular complexity index is 787. The van der Waals surface area contributed by atoms with Gasteiger partial charge >= 0.3 is 0 Å². The van der Waals surface area contributed by atoms with Crippen LogP contribution in [0.15, 0.2) is 29.0 Å². The summed E-state index contributed by atoms with van der Waals surface area (Å²) >= 11 is 3.42. The SMILES string of the molecule is Cc1ccc2nnc(CN3CC(n4cc(Br)cn4)C3)n2n1. The smallest absolute Gasteiger partial charge is 0.177 e. The van der Waals surface area contributed by atoms with Crippen LogP contribution >= 0.6 is 15.9 Å². The van der Waals surface area contributed by atoms with Crippen molar-refractivity contribution in [2.24, 2.45) is 0 Å². The van der Waals surface area contributed by atoms with E-state index in [1.54, 1.807) is 0 Å². The highest BCUT2D eigenvalue weighted by Crippen LogP contribution is 2.23. The summed E-state index contributed by atoms with van der Waals surface area (Å²) in [6.07, 6.45) is 3.83. The molecule has 4 rings (SSSR count). The molecule has 0 aliphatic carbocycles. The standard InChI is InChI=1S/C13H14BrN7/c1-9-2-3-12-16-17-13(21(12)18-9)8-19-6-11(7-19)20-5-10(14)4-15-20/h2-5,11H,6-8H2,1H3. The van der Waals surface area contributed by atoms with E-state index in [2.05, 4.69) is 41.2 Å². The largest absolute Gasteiger partial charge is 0.291 e. The van der Waals surface area contributed by atoms with Crippen LogP contribution in [0.3, 0.4) is 0 Å². The lowest BCUT2D eigenvalue weighted by atomic mass is 10.1. The molecule has 0 radical (unpaired) electrons. The van der Waals surface area contributed by atoms with Crippen molar-refractivity contribution in [1.82, 2.24) is 34.5 Å². The van der Waals surface area contributed by atoms with E-state index >= 15 is 0 Å². The molecule has 0 saturated carbocycles. The number of likely N-dealkylation sites (tertiary alicyclic amines) is 1. The molecule has 4 heterocycles. The van der Waals surface area contributed by atoms with Crippen LogP contribution in [0.5, 0.6) is 0 Å². The van der Waals surface area contributed by atoms with E-state index in [1.165, 1.54) is 0 Å². The predicted octanol–water partition coefficient (Wildman–Crippen LogP) is 1.45. The maximum Gasteiger partial charge on any atom is 0.177 e. The molecule has 0 atom stereocenters. The first kappa shape index (κ1) is 12.9. The summed E-state index contributed by atoms with van der Waals surface area (Å²) in [4.78, 5) is 2.32. The van der Waals surface area contributed by atoms with Gasteiger partial charge in [-0.2, -0.15) is 14.7 Å². The van der Waals surface area contributed by atoms with Crippen LogP contribution in [0, 0.1) is 6.92 Å². The van der Waals surface area contributed by atoms with Crippen molar-refractivity contribution >= 4 is 21.6 Å². The zero-order valence-electron chi connectivity index (χ0n) is 11.5. The third-order valence-corrected chi connectivity index (χ3v) is 4.12. The van der Waals surface area contributed by atoms with Gasteiger partial charge in [-0.1, -0.05) is 0 Å². The number of hydrogen-bond donors (Lipinski definition) is 0. The molecule has 21 heavy (non-hydrogen) atoms. The van der Waals surface area contributed by atoms with Gasteiger partial charge in [0.2, 0.25) is 0 Å². The van der Waals surface area contributed by atoms with Gasteiger partial charge in [-0.05, 0) is 35.0 Å². The molecule has 0 amide bonds. The highest BCUT2D eigenvalue weighted by molar-refractivity contribution is 9.10. The van der Waals surface area contributed by atoms with Crippen LogP contribution in [0.25, 0.3) is 5.65 Å².